The molecule has 104 valence electrons. The molecule has 0 radical (unpaired) electrons. The number of nitrogens with zero attached hydrogens (tertiary/aromatic N) is 1. The molecule has 0 bridgehead atoms. The predicted molar refractivity (Wildman–Crippen MR) is 76.3 cm³/mol. The summed E-state index contributed by atoms with van der Waals surface area (Å²) in [4.78, 5) is 14.1. The van der Waals surface area contributed by atoms with Crippen molar-refractivity contribution in [1.82, 2.24) is 4.90 Å². The summed E-state index contributed by atoms with van der Waals surface area (Å²) >= 11 is 0. The number of rotatable bonds is 5. The molecule has 2 rings (SSSR count). The van der Waals surface area contributed by atoms with E-state index in [0.29, 0.717) is 12.6 Å². The van der Waals surface area contributed by atoms with Crippen LogP contribution in [0.1, 0.15) is 38.7 Å². The standard InChI is InChI=1S/C16H23NO2/c1-3-14-10-7-11-17(14)12-16(2,15(18)19)13-8-5-4-6-9-13/h4-6,8-9,14H,3,7,10-12H2,1-2H3,(H,18,19). The normalized spacial score (nSPS) is 23.2. The van der Waals surface area contributed by atoms with Crippen LogP contribution in [0.15, 0.2) is 30.3 Å². The van der Waals surface area contributed by atoms with Crippen LogP contribution in [0.2, 0.25) is 0 Å². The van der Waals surface area contributed by atoms with E-state index in [2.05, 4.69) is 11.8 Å². The van der Waals surface area contributed by atoms with Gasteiger partial charge in [-0.2, -0.15) is 0 Å². The molecule has 2 atom stereocenters. The van der Waals surface area contributed by atoms with Gasteiger partial charge in [0.2, 0.25) is 0 Å². The maximum absolute atomic E-state index is 11.8. The van der Waals surface area contributed by atoms with E-state index in [-0.39, 0.29) is 0 Å². The Morgan fingerprint density at radius 2 is 2.11 bits per heavy atom. The van der Waals surface area contributed by atoms with E-state index >= 15 is 0 Å². The molecule has 1 aromatic carbocycles. The van der Waals surface area contributed by atoms with Gasteiger partial charge in [0.25, 0.3) is 0 Å². The highest BCUT2D eigenvalue weighted by molar-refractivity contribution is 5.81. The first-order valence-electron chi connectivity index (χ1n) is 7.11. The average molecular weight is 261 g/mol. The van der Waals surface area contributed by atoms with Gasteiger partial charge in [-0.05, 0) is 38.3 Å². The second-order valence-electron chi connectivity index (χ2n) is 5.68. The Kier molecular flexibility index (Phi) is 4.25. The minimum absolute atomic E-state index is 0.544. The SMILES string of the molecule is CCC1CCCN1CC(C)(C(=O)O)c1ccccc1. The highest BCUT2D eigenvalue weighted by Crippen LogP contribution is 2.29. The third kappa shape index (κ3) is 2.81. The number of likely N-dealkylation sites (tertiary alicyclic amines) is 1. The molecule has 1 heterocycles. The van der Waals surface area contributed by atoms with Gasteiger partial charge in [0, 0.05) is 12.6 Å². The lowest BCUT2D eigenvalue weighted by Crippen LogP contribution is -2.46. The van der Waals surface area contributed by atoms with Crippen LogP contribution in [0, 0.1) is 0 Å². The average Bonchev–Trinajstić information content (AvgIpc) is 2.86. The molecule has 3 heteroatoms. The van der Waals surface area contributed by atoms with Gasteiger partial charge in [0.15, 0.2) is 0 Å². The zero-order valence-electron chi connectivity index (χ0n) is 11.8. The van der Waals surface area contributed by atoms with Crippen LogP contribution in [0.3, 0.4) is 0 Å². The monoisotopic (exact) mass is 261 g/mol. The van der Waals surface area contributed by atoms with Gasteiger partial charge >= 0.3 is 5.97 Å². The molecular formula is C16H23NO2. The molecule has 1 saturated heterocycles. The van der Waals surface area contributed by atoms with Gasteiger partial charge in [-0.1, -0.05) is 37.3 Å². The maximum Gasteiger partial charge on any atom is 0.315 e. The fourth-order valence-electron chi connectivity index (χ4n) is 3.06. The van der Waals surface area contributed by atoms with Crippen molar-refractivity contribution in [1.29, 1.82) is 0 Å². The number of carboxylic acids is 1. The van der Waals surface area contributed by atoms with Crippen LogP contribution >= 0.6 is 0 Å². The van der Waals surface area contributed by atoms with Crippen molar-refractivity contribution in [2.75, 3.05) is 13.1 Å². The van der Waals surface area contributed by atoms with Crippen LogP contribution in [0.4, 0.5) is 0 Å². The summed E-state index contributed by atoms with van der Waals surface area (Å²) < 4.78 is 0. The first-order chi connectivity index (χ1) is 9.08. The van der Waals surface area contributed by atoms with Crippen molar-refractivity contribution in [3.63, 3.8) is 0 Å². The van der Waals surface area contributed by atoms with Gasteiger partial charge in [-0.3, -0.25) is 9.69 Å². The lowest BCUT2D eigenvalue weighted by molar-refractivity contribution is -0.144. The molecule has 0 aliphatic carbocycles. The highest BCUT2D eigenvalue weighted by Gasteiger charge is 2.39. The van der Waals surface area contributed by atoms with Crippen molar-refractivity contribution in [3.05, 3.63) is 35.9 Å². The lowest BCUT2D eigenvalue weighted by atomic mass is 9.81. The van der Waals surface area contributed by atoms with Crippen LogP contribution in [-0.4, -0.2) is 35.1 Å². The fraction of sp³-hybridized carbons (Fsp3) is 0.562. The van der Waals surface area contributed by atoms with Gasteiger partial charge < -0.3 is 5.11 Å². The van der Waals surface area contributed by atoms with Crippen molar-refractivity contribution in [2.45, 2.75) is 44.6 Å². The smallest absolute Gasteiger partial charge is 0.315 e. The molecule has 0 spiro atoms. The summed E-state index contributed by atoms with van der Waals surface area (Å²) in [6.07, 6.45) is 3.48. The second-order valence-corrected chi connectivity index (χ2v) is 5.68. The summed E-state index contributed by atoms with van der Waals surface area (Å²) in [5, 5.41) is 9.68. The van der Waals surface area contributed by atoms with Gasteiger partial charge in [-0.25, -0.2) is 0 Å². The first kappa shape index (κ1) is 14.1. The second kappa shape index (κ2) is 5.74. The molecule has 19 heavy (non-hydrogen) atoms. The first-order valence-corrected chi connectivity index (χ1v) is 7.11. The molecule has 0 aromatic heterocycles. The Balaban J connectivity index is 2.23. The zero-order valence-corrected chi connectivity index (χ0v) is 11.8. The van der Waals surface area contributed by atoms with Gasteiger partial charge in [0.05, 0.1) is 0 Å². The molecule has 1 aliphatic heterocycles. The Hall–Kier alpha value is -1.35. The molecule has 0 saturated carbocycles. The predicted octanol–water partition coefficient (Wildman–Crippen LogP) is 2.90. The van der Waals surface area contributed by atoms with Crippen molar-refractivity contribution in [2.24, 2.45) is 0 Å². The molecule has 0 amide bonds. The topological polar surface area (TPSA) is 40.5 Å². The number of carbonyl (C=O) groups is 1. The number of benzene rings is 1. The number of aliphatic carboxylic acids is 1. The molecule has 3 nitrogen and oxygen atoms in total. The Labute approximate surface area is 115 Å². The molecular weight excluding hydrogens is 238 g/mol. The number of carboxylic acid groups (broad SMARTS) is 1. The molecule has 1 fully saturated rings. The fourth-order valence-corrected chi connectivity index (χ4v) is 3.06. The largest absolute Gasteiger partial charge is 0.481 e. The van der Waals surface area contributed by atoms with E-state index in [1.165, 1.54) is 12.8 Å². The third-order valence-electron chi connectivity index (χ3n) is 4.37. The molecule has 1 aliphatic rings. The Bertz CT molecular complexity index is 432. The van der Waals surface area contributed by atoms with E-state index in [1.807, 2.05) is 37.3 Å². The number of hydrogen-bond donors (Lipinski definition) is 1. The van der Waals surface area contributed by atoms with E-state index in [0.717, 1.165) is 18.5 Å². The third-order valence-corrected chi connectivity index (χ3v) is 4.37. The summed E-state index contributed by atoms with van der Waals surface area (Å²) in [6, 6.07) is 10.1. The Morgan fingerprint density at radius 3 is 2.68 bits per heavy atom. The van der Waals surface area contributed by atoms with E-state index in [1.54, 1.807) is 0 Å². The van der Waals surface area contributed by atoms with E-state index < -0.39 is 11.4 Å². The molecule has 1 aromatic rings. The van der Waals surface area contributed by atoms with Crippen LogP contribution < -0.4 is 0 Å². The van der Waals surface area contributed by atoms with E-state index in [9.17, 15) is 9.90 Å². The minimum Gasteiger partial charge on any atom is -0.481 e. The molecule has 1 N–H and O–H groups in total. The van der Waals surface area contributed by atoms with Crippen molar-refractivity contribution < 1.29 is 9.90 Å². The summed E-state index contributed by atoms with van der Waals surface area (Å²) in [5.41, 5.74) is 0.0724. The highest BCUT2D eigenvalue weighted by atomic mass is 16.4. The summed E-state index contributed by atoms with van der Waals surface area (Å²) in [7, 11) is 0. The van der Waals surface area contributed by atoms with Crippen LogP contribution in [0.5, 0.6) is 0 Å². The minimum atomic E-state index is -0.820. The number of hydrogen-bond acceptors (Lipinski definition) is 2. The summed E-state index contributed by atoms with van der Waals surface area (Å²) in [5.74, 6) is -0.736. The molecule has 2 unspecified atom stereocenters. The van der Waals surface area contributed by atoms with Crippen molar-refractivity contribution in [3.8, 4) is 0 Å². The van der Waals surface area contributed by atoms with Gasteiger partial charge in [0.1, 0.15) is 5.41 Å². The maximum atomic E-state index is 11.8. The lowest BCUT2D eigenvalue weighted by Gasteiger charge is -2.33. The summed E-state index contributed by atoms with van der Waals surface area (Å²) in [6.45, 7) is 5.65. The van der Waals surface area contributed by atoms with Gasteiger partial charge in [-0.15, -0.1) is 0 Å². The van der Waals surface area contributed by atoms with Crippen LogP contribution in [0.25, 0.3) is 0 Å². The van der Waals surface area contributed by atoms with Crippen molar-refractivity contribution >= 4 is 5.97 Å². The van der Waals surface area contributed by atoms with Crippen LogP contribution in [-0.2, 0) is 10.2 Å². The quantitative estimate of drug-likeness (QED) is 0.886. The zero-order chi connectivity index (χ0) is 13.9. The Morgan fingerprint density at radius 1 is 1.42 bits per heavy atom. The van der Waals surface area contributed by atoms with E-state index in [4.69, 9.17) is 0 Å².